The van der Waals surface area contributed by atoms with Crippen molar-refractivity contribution in [3.8, 4) is 0 Å². The van der Waals surface area contributed by atoms with Crippen molar-refractivity contribution in [3.05, 3.63) is 29.8 Å². The molecule has 1 saturated heterocycles. The second-order valence-electron chi connectivity index (χ2n) is 4.18. The zero-order valence-electron chi connectivity index (χ0n) is 9.50. The van der Waals surface area contributed by atoms with E-state index in [1.54, 1.807) is 12.1 Å². The van der Waals surface area contributed by atoms with E-state index in [-0.39, 0.29) is 12.7 Å². The molecule has 1 aliphatic rings. The molecule has 5 heteroatoms. The van der Waals surface area contributed by atoms with Crippen LogP contribution in [0, 0.1) is 0 Å². The number of carbonyl (C=O) groups excluding carboxylic acids is 1. The van der Waals surface area contributed by atoms with Crippen LogP contribution in [-0.4, -0.2) is 35.3 Å². The first-order valence-corrected chi connectivity index (χ1v) is 5.59. The standard InChI is InChI=1S/C12H16N2O3/c13-10-3-1-9(2-4-10)8-17-12(16)14-6-5-11(15)7-14/h1-4,11,15H,5-8,13H2. The van der Waals surface area contributed by atoms with E-state index in [1.165, 1.54) is 4.90 Å². The van der Waals surface area contributed by atoms with Gasteiger partial charge in [0.2, 0.25) is 0 Å². The Labute approximate surface area is 99.8 Å². The number of anilines is 1. The summed E-state index contributed by atoms with van der Waals surface area (Å²) in [5.41, 5.74) is 7.13. The molecule has 0 spiro atoms. The van der Waals surface area contributed by atoms with Gasteiger partial charge in [-0.25, -0.2) is 4.79 Å². The van der Waals surface area contributed by atoms with Gasteiger partial charge >= 0.3 is 6.09 Å². The van der Waals surface area contributed by atoms with E-state index in [4.69, 9.17) is 10.5 Å². The first kappa shape index (κ1) is 11.7. The highest BCUT2D eigenvalue weighted by molar-refractivity contribution is 5.68. The summed E-state index contributed by atoms with van der Waals surface area (Å²) >= 11 is 0. The second kappa shape index (κ2) is 5.05. The third-order valence-corrected chi connectivity index (χ3v) is 2.76. The molecular weight excluding hydrogens is 220 g/mol. The number of nitrogens with zero attached hydrogens (tertiary/aromatic N) is 1. The highest BCUT2D eigenvalue weighted by Crippen LogP contribution is 2.12. The number of benzene rings is 1. The lowest BCUT2D eigenvalue weighted by atomic mass is 10.2. The minimum Gasteiger partial charge on any atom is -0.445 e. The highest BCUT2D eigenvalue weighted by atomic mass is 16.6. The van der Waals surface area contributed by atoms with Gasteiger partial charge in [0.15, 0.2) is 0 Å². The van der Waals surface area contributed by atoms with Crippen molar-refractivity contribution in [2.75, 3.05) is 18.8 Å². The molecule has 5 nitrogen and oxygen atoms in total. The minimum atomic E-state index is -0.418. The molecule has 1 amide bonds. The first-order chi connectivity index (χ1) is 8.15. The Balaban J connectivity index is 1.82. The predicted octanol–water partition coefficient (Wildman–Crippen LogP) is 0.972. The average molecular weight is 236 g/mol. The van der Waals surface area contributed by atoms with Crippen LogP contribution in [-0.2, 0) is 11.3 Å². The number of amides is 1. The number of hydrogen-bond acceptors (Lipinski definition) is 4. The Hall–Kier alpha value is -1.75. The number of aliphatic hydroxyl groups is 1. The maximum absolute atomic E-state index is 11.6. The molecule has 1 fully saturated rings. The van der Waals surface area contributed by atoms with Crippen LogP contribution in [0.25, 0.3) is 0 Å². The number of carbonyl (C=O) groups is 1. The number of β-amino-alcohol motifs (C(OH)–C–C–N with tert-alkyl or cyclic N) is 1. The van der Waals surface area contributed by atoms with Gasteiger partial charge < -0.3 is 20.5 Å². The summed E-state index contributed by atoms with van der Waals surface area (Å²) in [5, 5.41) is 9.30. The molecule has 17 heavy (non-hydrogen) atoms. The first-order valence-electron chi connectivity index (χ1n) is 5.59. The van der Waals surface area contributed by atoms with Crippen LogP contribution >= 0.6 is 0 Å². The molecule has 0 aliphatic carbocycles. The van der Waals surface area contributed by atoms with E-state index in [2.05, 4.69) is 0 Å². The van der Waals surface area contributed by atoms with Crippen molar-refractivity contribution < 1.29 is 14.6 Å². The Kier molecular flexibility index (Phi) is 3.49. The Bertz CT molecular complexity index is 391. The van der Waals surface area contributed by atoms with Gasteiger partial charge in [-0.05, 0) is 24.1 Å². The number of likely N-dealkylation sites (tertiary alicyclic amines) is 1. The van der Waals surface area contributed by atoms with Crippen LogP contribution in [0.3, 0.4) is 0 Å². The highest BCUT2D eigenvalue weighted by Gasteiger charge is 2.25. The minimum absolute atomic E-state index is 0.228. The lowest BCUT2D eigenvalue weighted by Gasteiger charge is -2.15. The van der Waals surface area contributed by atoms with E-state index in [1.807, 2.05) is 12.1 Å². The zero-order valence-corrected chi connectivity index (χ0v) is 9.50. The maximum Gasteiger partial charge on any atom is 0.410 e. The molecule has 0 aromatic heterocycles. The van der Waals surface area contributed by atoms with Crippen LogP contribution in [0.4, 0.5) is 10.5 Å². The Morgan fingerprint density at radius 2 is 2.18 bits per heavy atom. The molecule has 1 aliphatic heterocycles. The summed E-state index contributed by atoms with van der Waals surface area (Å²) in [5.74, 6) is 0. The van der Waals surface area contributed by atoms with Crippen molar-refractivity contribution in [1.82, 2.24) is 4.90 Å². The predicted molar refractivity (Wildman–Crippen MR) is 63.2 cm³/mol. The summed E-state index contributed by atoms with van der Waals surface area (Å²) in [6.45, 7) is 1.15. The summed E-state index contributed by atoms with van der Waals surface area (Å²) in [4.78, 5) is 13.1. The monoisotopic (exact) mass is 236 g/mol. The molecule has 0 saturated carbocycles. The fourth-order valence-corrected chi connectivity index (χ4v) is 1.76. The second-order valence-corrected chi connectivity index (χ2v) is 4.18. The number of aliphatic hydroxyl groups excluding tert-OH is 1. The lowest BCUT2D eigenvalue weighted by molar-refractivity contribution is 0.0971. The zero-order chi connectivity index (χ0) is 12.3. The van der Waals surface area contributed by atoms with Crippen LogP contribution in [0.5, 0.6) is 0 Å². The largest absolute Gasteiger partial charge is 0.445 e. The molecule has 1 unspecified atom stereocenters. The summed E-state index contributed by atoms with van der Waals surface area (Å²) < 4.78 is 5.14. The molecule has 1 aromatic rings. The summed E-state index contributed by atoms with van der Waals surface area (Å²) in [7, 11) is 0. The molecular formula is C12H16N2O3. The number of nitrogens with two attached hydrogens (primary N) is 1. The molecule has 1 heterocycles. The Morgan fingerprint density at radius 3 is 2.76 bits per heavy atom. The van der Waals surface area contributed by atoms with E-state index in [0.29, 0.717) is 25.2 Å². The molecule has 3 N–H and O–H groups in total. The number of nitrogen functional groups attached to an aromatic ring is 1. The van der Waals surface area contributed by atoms with E-state index in [0.717, 1.165) is 5.56 Å². The SMILES string of the molecule is Nc1ccc(COC(=O)N2CCC(O)C2)cc1. The normalized spacial score (nSPS) is 19.4. The molecule has 1 atom stereocenters. The summed E-state index contributed by atoms with van der Waals surface area (Å²) in [6, 6.07) is 7.18. The van der Waals surface area contributed by atoms with Gasteiger partial charge in [-0.15, -0.1) is 0 Å². The fourth-order valence-electron chi connectivity index (χ4n) is 1.76. The number of rotatable bonds is 2. The van der Waals surface area contributed by atoms with Crippen molar-refractivity contribution in [2.45, 2.75) is 19.1 Å². The number of hydrogen-bond donors (Lipinski definition) is 2. The van der Waals surface area contributed by atoms with Crippen molar-refractivity contribution in [3.63, 3.8) is 0 Å². The third kappa shape index (κ3) is 3.10. The molecule has 1 aromatic carbocycles. The van der Waals surface area contributed by atoms with E-state index < -0.39 is 6.10 Å². The van der Waals surface area contributed by atoms with Gasteiger partial charge in [0.25, 0.3) is 0 Å². The quantitative estimate of drug-likeness (QED) is 0.750. The van der Waals surface area contributed by atoms with Gasteiger partial charge in [0.1, 0.15) is 6.61 Å². The topological polar surface area (TPSA) is 75.8 Å². The summed E-state index contributed by atoms with van der Waals surface area (Å²) in [6.07, 6.45) is -0.172. The van der Waals surface area contributed by atoms with Crippen molar-refractivity contribution in [2.24, 2.45) is 0 Å². The molecule has 0 bridgehead atoms. The van der Waals surface area contributed by atoms with Gasteiger partial charge in [-0.3, -0.25) is 0 Å². The van der Waals surface area contributed by atoms with Gasteiger partial charge in [-0.1, -0.05) is 12.1 Å². The Morgan fingerprint density at radius 1 is 1.47 bits per heavy atom. The van der Waals surface area contributed by atoms with Crippen LogP contribution in [0.1, 0.15) is 12.0 Å². The molecule has 92 valence electrons. The van der Waals surface area contributed by atoms with Gasteiger partial charge in [0.05, 0.1) is 6.10 Å². The van der Waals surface area contributed by atoms with Crippen molar-refractivity contribution >= 4 is 11.8 Å². The van der Waals surface area contributed by atoms with Crippen LogP contribution < -0.4 is 5.73 Å². The van der Waals surface area contributed by atoms with Crippen LogP contribution in [0.15, 0.2) is 24.3 Å². The number of ether oxygens (including phenoxy) is 1. The van der Waals surface area contributed by atoms with E-state index in [9.17, 15) is 9.90 Å². The fraction of sp³-hybridized carbons (Fsp3) is 0.417. The molecule has 2 rings (SSSR count). The van der Waals surface area contributed by atoms with E-state index >= 15 is 0 Å². The lowest BCUT2D eigenvalue weighted by Crippen LogP contribution is -2.30. The van der Waals surface area contributed by atoms with Crippen molar-refractivity contribution in [1.29, 1.82) is 0 Å². The maximum atomic E-state index is 11.6. The average Bonchev–Trinajstić information content (AvgIpc) is 2.75. The molecule has 0 radical (unpaired) electrons. The van der Waals surface area contributed by atoms with Crippen LogP contribution in [0.2, 0.25) is 0 Å². The van der Waals surface area contributed by atoms with Gasteiger partial charge in [-0.2, -0.15) is 0 Å². The van der Waals surface area contributed by atoms with Gasteiger partial charge in [0, 0.05) is 18.8 Å². The smallest absolute Gasteiger partial charge is 0.410 e. The third-order valence-electron chi connectivity index (χ3n) is 2.76.